The third kappa shape index (κ3) is 3.58. The fourth-order valence-corrected chi connectivity index (χ4v) is 5.27. The summed E-state index contributed by atoms with van der Waals surface area (Å²) < 4.78 is 44.5. The molecule has 0 aromatic carbocycles. The Hall–Kier alpha value is -1.54. The van der Waals surface area contributed by atoms with Gasteiger partial charge in [0.2, 0.25) is 5.91 Å². The standard InChI is InChI=1S/C20H25ClF3N3O2/c1-2-29-16-10-15(19(16)6-4-7-19)26-18(28)14-5-3-8-27(14)17-13(21)9-12(11-25-17)20(22,23)24/h9,11,14-16H,2-8,10H2,1H3,(H,26,28). The molecule has 5 nitrogen and oxygen atoms in total. The number of carbonyl (C=O) groups is 1. The molecular weight excluding hydrogens is 407 g/mol. The van der Waals surface area contributed by atoms with E-state index >= 15 is 0 Å². The van der Waals surface area contributed by atoms with E-state index in [1.807, 2.05) is 6.92 Å². The number of amides is 1. The Morgan fingerprint density at radius 1 is 1.41 bits per heavy atom. The van der Waals surface area contributed by atoms with Crippen LogP contribution in [0.1, 0.15) is 51.0 Å². The van der Waals surface area contributed by atoms with Crippen LogP contribution < -0.4 is 10.2 Å². The minimum Gasteiger partial charge on any atom is -0.378 e. The third-order valence-corrected chi connectivity index (χ3v) is 7.01. The van der Waals surface area contributed by atoms with Gasteiger partial charge in [0.05, 0.1) is 16.7 Å². The van der Waals surface area contributed by atoms with Crippen LogP contribution in [0, 0.1) is 5.41 Å². The van der Waals surface area contributed by atoms with Gasteiger partial charge < -0.3 is 15.0 Å². The first kappa shape index (κ1) is 20.7. The molecular formula is C20H25ClF3N3O2. The highest BCUT2D eigenvalue weighted by atomic mass is 35.5. The number of ether oxygens (including phenoxy) is 1. The van der Waals surface area contributed by atoms with Crippen molar-refractivity contribution in [3.05, 3.63) is 22.8 Å². The number of hydrogen-bond acceptors (Lipinski definition) is 4. The van der Waals surface area contributed by atoms with Crippen LogP contribution in [-0.4, -0.2) is 42.2 Å². The SMILES string of the molecule is CCOC1CC(NC(=O)C2CCCN2c2ncc(C(F)(F)F)cc2Cl)C12CCC2. The Kier molecular flexibility index (Phi) is 5.44. The van der Waals surface area contributed by atoms with E-state index in [-0.39, 0.29) is 34.3 Å². The van der Waals surface area contributed by atoms with Crippen molar-refractivity contribution in [3.8, 4) is 0 Å². The van der Waals surface area contributed by atoms with Gasteiger partial charge in [0.1, 0.15) is 11.9 Å². The molecule has 1 spiro atoms. The zero-order chi connectivity index (χ0) is 20.8. The molecule has 3 unspecified atom stereocenters. The van der Waals surface area contributed by atoms with E-state index in [9.17, 15) is 18.0 Å². The molecule has 1 saturated heterocycles. The third-order valence-electron chi connectivity index (χ3n) is 6.73. The second-order valence-electron chi connectivity index (χ2n) is 8.21. The summed E-state index contributed by atoms with van der Waals surface area (Å²) in [6.07, 6.45) is 1.94. The summed E-state index contributed by atoms with van der Waals surface area (Å²) in [7, 11) is 0. The zero-order valence-electron chi connectivity index (χ0n) is 16.3. The molecule has 9 heteroatoms. The van der Waals surface area contributed by atoms with Crippen LogP contribution in [0.4, 0.5) is 19.0 Å². The summed E-state index contributed by atoms with van der Waals surface area (Å²) in [6.45, 7) is 3.19. The lowest BCUT2D eigenvalue weighted by Crippen LogP contribution is -2.68. The summed E-state index contributed by atoms with van der Waals surface area (Å²) in [5, 5.41) is 3.09. The van der Waals surface area contributed by atoms with Crippen molar-refractivity contribution in [2.24, 2.45) is 5.41 Å². The van der Waals surface area contributed by atoms with E-state index in [4.69, 9.17) is 16.3 Å². The van der Waals surface area contributed by atoms with E-state index in [2.05, 4.69) is 10.3 Å². The van der Waals surface area contributed by atoms with Crippen molar-refractivity contribution in [2.45, 2.75) is 69.8 Å². The zero-order valence-corrected chi connectivity index (χ0v) is 17.0. The Labute approximate surface area is 172 Å². The lowest BCUT2D eigenvalue weighted by molar-refractivity contribution is -0.176. The predicted molar refractivity (Wildman–Crippen MR) is 103 cm³/mol. The summed E-state index contributed by atoms with van der Waals surface area (Å²) in [6, 6.07) is 0.498. The molecule has 4 rings (SSSR count). The van der Waals surface area contributed by atoms with Gasteiger partial charge in [0, 0.05) is 30.8 Å². The summed E-state index contributed by atoms with van der Waals surface area (Å²) in [4.78, 5) is 18.7. The van der Waals surface area contributed by atoms with Crippen molar-refractivity contribution < 1.29 is 22.7 Å². The molecule has 2 heterocycles. The number of pyridine rings is 1. The highest BCUT2D eigenvalue weighted by Gasteiger charge is 2.59. The van der Waals surface area contributed by atoms with Gasteiger partial charge in [-0.1, -0.05) is 18.0 Å². The molecule has 1 aliphatic heterocycles. The van der Waals surface area contributed by atoms with Crippen molar-refractivity contribution in [2.75, 3.05) is 18.1 Å². The number of alkyl halides is 3. The van der Waals surface area contributed by atoms with E-state index in [0.29, 0.717) is 19.6 Å². The highest BCUT2D eigenvalue weighted by Crippen LogP contribution is 2.57. The summed E-state index contributed by atoms with van der Waals surface area (Å²) in [5.74, 6) is 0.128. The Balaban J connectivity index is 1.46. The number of halogens is 4. The molecule has 1 N–H and O–H groups in total. The van der Waals surface area contributed by atoms with Crippen LogP contribution in [0.2, 0.25) is 5.02 Å². The van der Waals surface area contributed by atoms with Gasteiger partial charge in [-0.2, -0.15) is 13.2 Å². The smallest absolute Gasteiger partial charge is 0.378 e. The monoisotopic (exact) mass is 431 g/mol. The molecule has 2 saturated carbocycles. The number of nitrogens with one attached hydrogen (secondary N) is 1. The van der Waals surface area contributed by atoms with E-state index in [1.54, 1.807) is 4.90 Å². The molecule has 2 aliphatic carbocycles. The predicted octanol–water partition coefficient (Wildman–Crippen LogP) is 4.19. The number of anilines is 1. The Morgan fingerprint density at radius 2 is 2.17 bits per heavy atom. The molecule has 3 aliphatic rings. The molecule has 0 radical (unpaired) electrons. The van der Waals surface area contributed by atoms with Crippen LogP contribution in [0.15, 0.2) is 12.3 Å². The van der Waals surface area contributed by atoms with Gasteiger partial charge >= 0.3 is 6.18 Å². The second kappa shape index (κ2) is 7.61. The van der Waals surface area contributed by atoms with E-state index < -0.39 is 17.8 Å². The number of aromatic nitrogens is 1. The second-order valence-corrected chi connectivity index (χ2v) is 8.61. The van der Waals surface area contributed by atoms with Gasteiger partial charge in [-0.05, 0) is 45.1 Å². The fourth-order valence-electron chi connectivity index (χ4n) is 5.00. The van der Waals surface area contributed by atoms with Gasteiger partial charge in [-0.3, -0.25) is 4.79 Å². The highest BCUT2D eigenvalue weighted by molar-refractivity contribution is 6.33. The van der Waals surface area contributed by atoms with Gasteiger partial charge in [0.25, 0.3) is 0 Å². The Bertz CT molecular complexity index is 785. The minimum atomic E-state index is -4.50. The lowest BCUT2D eigenvalue weighted by Gasteiger charge is -2.61. The average molecular weight is 432 g/mol. The maximum atomic E-state index is 13.0. The molecule has 1 aromatic heterocycles. The molecule has 160 valence electrons. The summed E-state index contributed by atoms with van der Waals surface area (Å²) in [5.41, 5.74) is -0.839. The molecule has 1 amide bonds. The first-order valence-electron chi connectivity index (χ1n) is 10.2. The minimum absolute atomic E-state index is 0.0549. The van der Waals surface area contributed by atoms with E-state index in [1.165, 1.54) is 0 Å². The number of nitrogens with zero attached hydrogens (tertiary/aromatic N) is 2. The fraction of sp³-hybridized carbons (Fsp3) is 0.700. The lowest BCUT2D eigenvalue weighted by atomic mass is 9.51. The van der Waals surface area contributed by atoms with Crippen LogP contribution in [-0.2, 0) is 15.7 Å². The topological polar surface area (TPSA) is 54.5 Å². The van der Waals surface area contributed by atoms with Crippen LogP contribution in [0.25, 0.3) is 0 Å². The van der Waals surface area contributed by atoms with Crippen LogP contribution in [0.3, 0.4) is 0 Å². The van der Waals surface area contributed by atoms with E-state index in [0.717, 1.165) is 44.4 Å². The molecule has 29 heavy (non-hydrogen) atoms. The summed E-state index contributed by atoms with van der Waals surface area (Å²) >= 11 is 6.11. The average Bonchev–Trinajstić information content (AvgIpc) is 3.07. The van der Waals surface area contributed by atoms with Gasteiger partial charge in [-0.25, -0.2) is 4.98 Å². The first-order valence-corrected chi connectivity index (χ1v) is 10.6. The van der Waals surface area contributed by atoms with Crippen LogP contribution in [0.5, 0.6) is 0 Å². The van der Waals surface area contributed by atoms with Crippen molar-refractivity contribution >= 4 is 23.3 Å². The largest absolute Gasteiger partial charge is 0.417 e. The van der Waals surface area contributed by atoms with Gasteiger partial charge in [0.15, 0.2) is 0 Å². The number of carbonyl (C=O) groups excluding carboxylic acids is 1. The quantitative estimate of drug-likeness (QED) is 0.759. The van der Waals surface area contributed by atoms with Crippen molar-refractivity contribution in [1.82, 2.24) is 10.3 Å². The molecule has 0 bridgehead atoms. The van der Waals surface area contributed by atoms with Crippen molar-refractivity contribution in [3.63, 3.8) is 0 Å². The number of rotatable bonds is 5. The van der Waals surface area contributed by atoms with Crippen molar-refractivity contribution in [1.29, 1.82) is 0 Å². The number of hydrogen-bond donors (Lipinski definition) is 1. The molecule has 3 fully saturated rings. The van der Waals surface area contributed by atoms with Gasteiger partial charge in [-0.15, -0.1) is 0 Å². The molecule has 1 aromatic rings. The first-order chi connectivity index (χ1) is 13.8. The normalized spacial score (nSPS) is 28.2. The maximum Gasteiger partial charge on any atom is 0.417 e. The Morgan fingerprint density at radius 3 is 2.76 bits per heavy atom. The molecule has 3 atom stereocenters. The maximum absolute atomic E-state index is 13.0. The van der Waals surface area contributed by atoms with Crippen LogP contribution >= 0.6 is 11.6 Å².